The van der Waals surface area contributed by atoms with Gasteiger partial charge in [0.15, 0.2) is 0 Å². The summed E-state index contributed by atoms with van der Waals surface area (Å²) in [5, 5.41) is 15.0. The summed E-state index contributed by atoms with van der Waals surface area (Å²) in [6.45, 7) is 1.95. The van der Waals surface area contributed by atoms with Gasteiger partial charge in [0.05, 0.1) is 18.8 Å². The third-order valence-corrected chi connectivity index (χ3v) is 3.43. The maximum atomic E-state index is 10.7. The molecule has 2 aromatic carbocycles. The molecule has 0 fully saturated rings. The molecule has 5 nitrogen and oxygen atoms in total. The van der Waals surface area contributed by atoms with E-state index in [0.717, 1.165) is 30.0 Å². The predicted molar refractivity (Wildman–Crippen MR) is 88.8 cm³/mol. The first-order valence-corrected chi connectivity index (χ1v) is 7.32. The lowest BCUT2D eigenvalue weighted by Crippen LogP contribution is -2.21. The Kier molecular flexibility index (Phi) is 5.74. The zero-order valence-corrected chi connectivity index (χ0v) is 13.2. The fourth-order valence-corrected chi connectivity index (χ4v) is 2.01. The highest BCUT2D eigenvalue weighted by Crippen LogP contribution is 2.13. The van der Waals surface area contributed by atoms with Gasteiger partial charge >= 0.3 is 0 Å². The molecule has 0 aliphatic heterocycles. The summed E-state index contributed by atoms with van der Waals surface area (Å²) < 4.78 is 5.13. The first-order chi connectivity index (χ1) is 11.1. The van der Waals surface area contributed by atoms with Gasteiger partial charge in [-0.3, -0.25) is 5.43 Å². The number of carboxylic acid groups (broad SMARTS) is 1. The van der Waals surface area contributed by atoms with Gasteiger partial charge < -0.3 is 14.6 Å². The molecule has 0 spiro atoms. The molecule has 23 heavy (non-hydrogen) atoms. The number of hydrazone groups is 1. The molecule has 5 heteroatoms. The summed E-state index contributed by atoms with van der Waals surface area (Å²) in [5.74, 6) is -0.337. The van der Waals surface area contributed by atoms with E-state index in [4.69, 9.17) is 4.74 Å². The minimum Gasteiger partial charge on any atom is -0.545 e. The van der Waals surface area contributed by atoms with Crippen LogP contribution in [-0.4, -0.2) is 18.8 Å². The van der Waals surface area contributed by atoms with Gasteiger partial charge in [-0.15, -0.1) is 0 Å². The molecule has 2 rings (SSSR count). The van der Waals surface area contributed by atoms with Crippen molar-refractivity contribution in [2.45, 2.75) is 19.8 Å². The van der Waals surface area contributed by atoms with Crippen LogP contribution >= 0.6 is 0 Å². The molecule has 2 aromatic rings. The number of ether oxygens (including phenoxy) is 1. The predicted octanol–water partition coefficient (Wildman–Crippen LogP) is 2.48. The summed E-state index contributed by atoms with van der Waals surface area (Å²) in [7, 11) is 1.65. The Morgan fingerprint density at radius 3 is 2.35 bits per heavy atom. The fraction of sp³-hybridized carbons (Fsp3) is 0.222. The van der Waals surface area contributed by atoms with Gasteiger partial charge in [-0.05, 0) is 55.2 Å². The number of rotatable bonds is 7. The lowest BCUT2D eigenvalue weighted by atomic mass is 10.1. The van der Waals surface area contributed by atoms with E-state index in [-0.39, 0.29) is 5.56 Å². The Morgan fingerprint density at radius 1 is 1.13 bits per heavy atom. The van der Waals surface area contributed by atoms with Crippen molar-refractivity contribution in [1.29, 1.82) is 0 Å². The topological polar surface area (TPSA) is 73.8 Å². The number of anilines is 1. The van der Waals surface area contributed by atoms with E-state index in [9.17, 15) is 9.90 Å². The van der Waals surface area contributed by atoms with Crippen molar-refractivity contribution in [2.24, 2.45) is 5.10 Å². The number of aromatic carboxylic acids is 1. The molecule has 0 radical (unpaired) electrons. The number of aryl methyl sites for hydroxylation is 1. The molecule has 0 aliphatic carbocycles. The maximum absolute atomic E-state index is 10.7. The smallest absolute Gasteiger partial charge is 0.118 e. The average Bonchev–Trinajstić information content (AvgIpc) is 2.59. The monoisotopic (exact) mass is 311 g/mol. The van der Waals surface area contributed by atoms with Gasteiger partial charge in [0.2, 0.25) is 0 Å². The van der Waals surface area contributed by atoms with E-state index in [1.807, 2.05) is 31.2 Å². The Balaban J connectivity index is 1.85. The highest BCUT2D eigenvalue weighted by Gasteiger charge is 1.98. The maximum Gasteiger partial charge on any atom is 0.118 e. The number of carbonyl (C=O) groups excluding carboxylic acids is 1. The van der Waals surface area contributed by atoms with Gasteiger partial charge in [0, 0.05) is 5.71 Å². The molecule has 0 bridgehead atoms. The molecule has 0 unspecified atom stereocenters. The molecule has 0 atom stereocenters. The van der Waals surface area contributed by atoms with E-state index >= 15 is 0 Å². The Morgan fingerprint density at radius 2 is 1.78 bits per heavy atom. The highest BCUT2D eigenvalue weighted by molar-refractivity contribution is 5.86. The summed E-state index contributed by atoms with van der Waals surface area (Å²) in [6, 6.07) is 14.3. The van der Waals surface area contributed by atoms with Crippen LogP contribution in [0.15, 0.2) is 53.6 Å². The number of nitrogens with one attached hydrogen (secondary N) is 1. The average molecular weight is 311 g/mol. The lowest BCUT2D eigenvalue weighted by Gasteiger charge is -2.06. The summed E-state index contributed by atoms with van der Waals surface area (Å²) in [5.41, 5.74) is 5.99. The molecule has 0 saturated heterocycles. The standard InChI is InChI=1S/C18H20N2O3/c1-13(3-4-14-5-11-17(23-2)12-6-14)19-20-16-9-7-15(8-10-16)18(21)22/h5-12,20H,3-4H2,1-2H3,(H,21,22)/p-1/b19-13-. The number of hydrogen-bond acceptors (Lipinski definition) is 5. The van der Waals surface area contributed by atoms with Crippen molar-refractivity contribution in [3.8, 4) is 5.75 Å². The van der Waals surface area contributed by atoms with Gasteiger partial charge in [-0.1, -0.05) is 24.3 Å². The van der Waals surface area contributed by atoms with Crippen LogP contribution in [0.3, 0.4) is 0 Å². The summed E-state index contributed by atoms with van der Waals surface area (Å²) in [6.07, 6.45) is 1.72. The number of hydrogen-bond donors (Lipinski definition) is 1. The van der Waals surface area contributed by atoms with Crippen molar-refractivity contribution < 1.29 is 14.6 Å². The molecule has 0 amide bonds. The van der Waals surface area contributed by atoms with Gasteiger partial charge in [0.1, 0.15) is 5.75 Å². The van der Waals surface area contributed by atoms with Crippen LogP contribution in [0.1, 0.15) is 29.3 Å². The Hall–Kier alpha value is -2.82. The number of carboxylic acids is 1. The van der Waals surface area contributed by atoms with Crippen LogP contribution in [0.2, 0.25) is 0 Å². The van der Waals surface area contributed by atoms with Gasteiger partial charge in [0.25, 0.3) is 0 Å². The number of nitrogens with zero attached hydrogens (tertiary/aromatic N) is 1. The molecule has 0 saturated carbocycles. The largest absolute Gasteiger partial charge is 0.545 e. The normalized spacial score (nSPS) is 11.1. The molecular weight excluding hydrogens is 292 g/mol. The van der Waals surface area contributed by atoms with Crippen molar-refractivity contribution in [1.82, 2.24) is 0 Å². The summed E-state index contributed by atoms with van der Waals surface area (Å²) >= 11 is 0. The first-order valence-electron chi connectivity index (χ1n) is 7.32. The zero-order valence-electron chi connectivity index (χ0n) is 13.2. The van der Waals surface area contributed by atoms with Crippen LogP contribution in [0.5, 0.6) is 5.75 Å². The van der Waals surface area contributed by atoms with E-state index in [0.29, 0.717) is 0 Å². The van der Waals surface area contributed by atoms with Crippen LogP contribution in [0.25, 0.3) is 0 Å². The Labute approximate surface area is 135 Å². The highest BCUT2D eigenvalue weighted by atomic mass is 16.5. The van der Waals surface area contributed by atoms with Crippen molar-refractivity contribution in [3.05, 3.63) is 59.7 Å². The molecule has 120 valence electrons. The second-order valence-electron chi connectivity index (χ2n) is 5.17. The van der Waals surface area contributed by atoms with Crippen LogP contribution in [0.4, 0.5) is 5.69 Å². The third kappa shape index (κ3) is 5.14. The number of methoxy groups -OCH3 is 1. The summed E-state index contributed by atoms with van der Waals surface area (Å²) in [4.78, 5) is 10.7. The van der Waals surface area contributed by atoms with Crippen molar-refractivity contribution in [3.63, 3.8) is 0 Å². The zero-order chi connectivity index (χ0) is 16.7. The third-order valence-electron chi connectivity index (χ3n) is 3.43. The molecule has 0 aliphatic rings. The second kappa shape index (κ2) is 7.98. The molecule has 1 N–H and O–H groups in total. The van der Waals surface area contributed by atoms with Crippen molar-refractivity contribution in [2.75, 3.05) is 12.5 Å². The molecule has 0 heterocycles. The van der Waals surface area contributed by atoms with E-state index in [2.05, 4.69) is 10.5 Å². The number of benzene rings is 2. The first kappa shape index (κ1) is 16.5. The van der Waals surface area contributed by atoms with E-state index in [1.54, 1.807) is 19.2 Å². The minimum absolute atomic E-state index is 0.149. The van der Waals surface area contributed by atoms with Gasteiger partial charge in [-0.25, -0.2) is 0 Å². The number of carbonyl (C=O) groups is 1. The van der Waals surface area contributed by atoms with E-state index in [1.165, 1.54) is 17.7 Å². The van der Waals surface area contributed by atoms with Gasteiger partial charge in [-0.2, -0.15) is 5.10 Å². The second-order valence-corrected chi connectivity index (χ2v) is 5.17. The lowest BCUT2D eigenvalue weighted by molar-refractivity contribution is -0.255. The van der Waals surface area contributed by atoms with Crippen LogP contribution in [-0.2, 0) is 6.42 Å². The Bertz CT molecular complexity index is 676. The van der Waals surface area contributed by atoms with Crippen LogP contribution < -0.4 is 15.3 Å². The minimum atomic E-state index is -1.18. The molecule has 0 aromatic heterocycles. The SMILES string of the molecule is COc1ccc(CC/C(C)=N\Nc2ccc(C(=O)[O-])cc2)cc1. The quantitative estimate of drug-likeness (QED) is 0.630. The molecular formula is C18H19N2O3-. The van der Waals surface area contributed by atoms with Crippen molar-refractivity contribution >= 4 is 17.4 Å². The van der Waals surface area contributed by atoms with Crippen LogP contribution in [0, 0.1) is 0 Å². The van der Waals surface area contributed by atoms with E-state index < -0.39 is 5.97 Å². The fourth-order valence-electron chi connectivity index (χ4n) is 2.01.